The van der Waals surface area contributed by atoms with Crippen LogP contribution in [-0.2, 0) is 30.4 Å². The number of likely N-dealkylation sites (tertiary alicyclic amines) is 2. The quantitative estimate of drug-likeness (QED) is 0.494. The van der Waals surface area contributed by atoms with Gasteiger partial charge in [0.15, 0.2) is 0 Å². The number of ether oxygens (including phenoxy) is 2. The van der Waals surface area contributed by atoms with E-state index in [1.165, 1.54) is 5.56 Å². The monoisotopic (exact) mass is 478 g/mol. The molecule has 2 aliphatic rings. The Morgan fingerprint density at radius 3 is 2.21 bits per heavy atom. The summed E-state index contributed by atoms with van der Waals surface area (Å²) in [4.78, 5) is 47.5. The van der Waals surface area contributed by atoms with Crippen molar-refractivity contribution in [3.63, 3.8) is 0 Å². The zero-order chi connectivity index (χ0) is 25.5. The van der Waals surface area contributed by atoms with Gasteiger partial charge in [0.25, 0.3) is 0 Å². The Labute approximate surface area is 199 Å². The van der Waals surface area contributed by atoms with E-state index in [9.17, 15) is 9.59 Å². The van der Waals surface area contributed by atoms with E-state index in [1.54, 1.807) is 4.90 Å². The Morgan fingerprint density at radius 2 is 1.68 bits per heavy atom. The number of carbonyl (C=O) groups excluding carboxylic acids is 2. The molecule has 0 aliphatic carbocycles. The van der Waals surface area contributed by atoms with Crippen molar-refractivity contribution in [2.75, 3.05) is 32.8 Å². The number of amides is 1. The second kappa shape index (κ2) is 11.3. The largest absolute Gasteiger partial charge is 0.473 e. The van der Waals surface area contributed by atoms with Crippen LogP contribution in [0.2, 0.25) is 0 Å². The summed E-state index contributed by atoms with van der Waals surface area (Å²) in [5, 5.41) is 14.8. The fourth-order valence-corrected chi connectivity index (χ4v) is 4.39. The van der Waals surface area contributed by atoms with Crippen LogP contribution in [0.4, 0.5) is 4.79 Å². The summed E-state index contributed by atoms with van der Waals surface area (Å²) in [6, 6.07) is 10.3. The Balaban J connectivity index is 0.000000604. The number of rotatable bonds is 4. The molecule has 10 nitrogen and oxygen atoms in total. The molecule has 1 aromatic carbocycles. The highest BCUT2D eigenvalue weighted by Gasteiger charge is 2.55. The van der Waals surface area contributed by atoms with Gasteiger partial charge >= 0.3 is 24.0 Å². The fourth-order valence-electron chi connectivity index (χ4n) is 4.39. The van der Waals surface area contributed by atoms with Crippen LogP contribution >= 0.6 is 0 Å². The van der Waals surface area contributed by atoms with Crippen LogP contribution in [0.3, 0.4) is 0 Å². The van der Waals surface area contributed by atoms with Gasteiger partial charge in [-0.15, -0.1) is 0 Å². The standard InChI is InChI=1S/C22H32N2O4.C2H2O4/c1-5-27-19(25)18-14-23(13-17-9-7-6-8-10-17)15-22(18)11-12-24(16-22)20(26)28-21(2,3)4;3-1(4)2(5)6/h6-10,18H,5,11-16H2,1-4H3;(H,3,4)(H,5,6). The molecular formula is C24H34N2O8. The maximum Gasteiger partial charge on any atom is 0.414 e. The van der Waals surface area contributed by atoms with E-state index in [4.69, 9.17) is 29.3 Å². The molecule has 10 heteroatoms. The SMILES string of the molecule is CCOC(=O)C1CN(Cc2ccccc2)CC12CCN(C(=O)OC(C)(C)C)C2.O=C(O)C(=O)O. The summed E-state index contributed by atoms with van der Waals surface area (Å²) < 4.78 is 10.9. The van der Waals surface area contributed by atoms with Gasteiger partial charge in [-0.25, -0.2) is 14.4 Å². The number of benzene rings is 1. The minimum atomic E-state index is -1.82. The predicted molar refractivity (Wildman–Crippen MR) is 122 cm³/mol. The molecule has 0 saturated carbocycles. The molecule has 2 fully saturated rings. The van der Waals surface area contributed by atoms with Crippen molar-refractivity contribution in [2.45, 2.75) is 46.3 Å². The molecule has 0 aromatic heterocycles. The summed E-state index contributed by atoms with van der Waals surface area (Å²) >= 11 is 0. The minimum Gasteiger partial charge on any atom is -0.473 e. The van der Waals surface area contributed by atoms with Crippen LogP contribution in [0, 0.1) is 11.3 Å². The van der Waals surface area contributed by atoms with Crippen LogP contribution in [0.25, 0.3) is 0 Å². The van der Waals surface area contributed by atoms with Gasteiger partial charge in [0.2, 0.25) is 0 Å². The number of hydrogen-bond donors (Lipinski definition) is 2. The molecule has 0 radical (unpaired) electrons. The zero-order valence-corrected chi connectivity index (χ0v) is 20.2. The van der Waals surface area contributed by atoms with Gasteiger partial charge in [0.05, 0.1) is 12.5 Å². The minimum absolute atomic E-state index is 0.149. The third-order valence-electron chi connectivity index (χ3n) is 5.76. The van der Waals surface area contributed by atoms with Crippen LogP contribution in [-0.4, -0.2) is 82.4 Å². The average Bonchev–Trinajstić information content (AvgIpc) is 3.32. The molecule has 2 unspecified atom stereocenters. The highest BCUT2D eigenvalue weighted by molar-refractivity contribution is 6.27. The van der Waals surface area contributed by atoms with Crippen molar-refractivity contribution in [2.24, 2.45) is 11.3 Å². The Kier molecular flexibility index (Phi) is 9.03. The van der Waals surface area contributed by atoms with E-state index in [0.717, 1.165) is 19.5 Å². The smallest absolute Gasteiger partial charge is 0.414 e. The van der Waals surface area contributed by atoms with Gasteiger partial charge in [0, 0.05) is 38.1 Å². The zero-order valence-electron chi connectivity index (χ0n) is 20.2. The Hall–Kier alpha value is -3.14. The molecule has 1 aromatic rings. The van der Waals surface area contributed by atoms with Crippen molar-refractivity contribution in [3.05, 3.63) is 35.9 Å². The molecule has 2 N–H and O–H groups in total. The maximum atomic E-state index is 12.7. The van der Waals surface area contributed by atoms with Crippen molar-refractivity contribution < 1.29 is 38.9 Å². The summed E-state index contributed by atoms with van der Waals surface area (Å²) in [6.07, 6.45) is 0.495. The predicted octanol–water partition coefficient (Wildman–Crippen LogP) is 2.46. The first-order valence-electron chi connectivity index (χ1n) is 11.2. The molecule has 2 aliphatic heterocycles. The normalized spacial score (nSPS) is 22.1. The first-order chi connectivity index (χ1) is 15.9. The molecule has 2 heterocycles. The average molecular weight is 479 g/mol. The van der Waals surface area contributed by atoms with Gasteiger partial charge in [-0.05, 0) is 39.7 Å². The van der Waals surface area contributed by atoms with Gasteiger partial charge in [-0.2, -0.15) is 0 Å². The van der Waals surface area contributed by atoms with Crippen molar-refractivity contribution in [1.29, 1.82) is 0 Å². The molecule has 1 amide bonds. The highest BCUT2D eigenvalue weighted by Crippen LogP contribution is 2.45. The number of esters is 1. The maximum absolute atomic E-state index is 12.7. The van der Waals surface area contributed by atoms with Gasteiger partial charge < -0.3 is 24.6 Å². The number of hydrogen-bond acceptors (Lipinski definition) is 7. The second-order valence-electron chi connectivity index (χ2n) is 9.58. The van der Waals surface area contributed by atoms with E-state index in [1.807, 2.05) is 45.9 Å². The van der Waals surface area contributed by atoms with E-state index in [-0.39, 0.29) is 23.4 Å². The summed E-state index contributed by atoms with van der Waals surface area (Å²) in [6.45, 7) is 11.2. The molecule has 34 heavy (non-hydrogen) atoms. The van der Waals surface area contributed by atoms with Gasteiger partial charge in [0.1, 0.15) is 5.60 Å². The van der Waals surface area contributed by atoms with Crippen molar-refractivity contribution in [1.82, 2.24) is 9.80 Å². The van der Waals surface area contributed by atoms with E-state index < -0.39 is 17.5 Å². The summed E-state index contributed by atoms with van der Waals surface area (Å²) in [5.74, 6) is -4.02. The lowest BCUT2D eigenvalue weighted by Crippen LogP contribution is -2.41. The van der Waals surface area contributed by atoms with E-state index in [2.05, 4.69) is 17.0 Å². The molecule has 3 rings (SSSR count). The Morgan fingerprint density at radius 1 is 1.06 bits per heavy atom. The van der Waals surface area contributed by atoms with E-state index >= 15 is 0 Å². The molecule has 0 bridgehead atoms. The van der Waals surface area contributed by atoms with Gasteiger partial charge in [-0.3, -0.25) is 9.69 Å². The number of carbonyl (C=O) groups is 4. The third kappa shape index (κ3) is 7.44. The lowest BCUT2D eigenvalue weighted by molar-refractivity contribution is -0.159. The number of carboxylic acid groups (broad SMARTS) is 2. The lowest BCUT2D eigenvalue weighted by atomic mass is 9.77. The van der Waals surface area contributed by atoms with E-state index in [0.29, 0.717) is 26.2 Å². The van der Waals surface area contributed by atoms with Crippen molar-refractivity contribution in [3.8, 4) is 0 Å². The molecule has 2 atom stereocenters. The number of carboxylic acids is 2. The Bertz CT molecular complexity index is 871. The molecule has 188 valence electrons. The molecular weight excluding hydrogens is 444 g/mol. The summed E-state index contributed by atoms with van der Waals surface area (Å²) in [5.41, 5.74) is 0.435. The van der Waals surface area contributed by atoms with Gasteiger partial charge in [-0.1, -0.05) is 30.3 Å². The topological polar surface area (TPSA) is 134 Å². The molecule has 1 spiro atoms. The number of aliphatic carboxylic acids is 2. The van der Waals surface area contributed by atoms with Crippen LogP contribution in [0.1, 0.15) is 39.7 Å². The lowest BCUT2D eigenvalue weighted by Gasteiger charge is -2.30. The molecule has 2 saturated heterocycles. The summed E-state index contributed by atoms with van der Waals surface area (Å²) in [7, 11) is 0. The fraction of sp³-hybridized carbons (Fsp3) is 0.583. The van der Waals surface area contributed by atoms with Crippen LogP contribution < -0.4 is 0 Å². The van der Waals surface area contributed by atoms with Crippen LogP contribution in [0.15, 0.2) is 30.3 Å². The number of nitrogens with zero attached hydrogens (tertiary/aromatic N) is 2. The second-order valence-corrected chi connectivity index (χ2v) is 9.58. The first-order valence-corrected chi connectivity index (χ1v) is 11.2. The highest BCUT2D eigenvalue weighted by atomic mass is 16.6. The first kappa shape index (κ1) is 27.1. The third-order valence-corrected chi connectivity index (χ3v) is 5.76. The van der Waals surface area contributed by atoms with Crippen LogP contribution in [0.5, 0.6) is 0 Å². The van der Waals surface area contributed by atoms with Crippen molar-refractivity contribution >= 4 is 24.0 Å².